The van der Waals surface area contributed by atoms with Gasteiger partial charge in [0.1, 0.15) is 18.3 Å². The molecule has 2 amide bonds. The van der Waals surface area contributed by atoms with Gasteiger partial charge in [0, 0.05) is 29.1 Å². The number of methoxy groups -OCH3 is 1. The Morgan fingerprint density at radius 3 is 2.13 bits per heavy atom. The van der Waals surface area contributed by atoms with Gasteiger partial charge in [0.25, 0.3) is 10.0 Å². The van der Waals surface area contributed by atoms with E-state index in [2.05, 4.69) is 5.32 Å². The number of hydrogen-bond donors (Lipinski definition) is 1. The van der Waals surface area contributed by atoms with E-state index < -0.39 is 28.5 Å². The summed E-state index contributed by atoms with van der Waals surface area (Å²) in [5.74, 6) is -0.436. The highest BCUT2D eigenvalue weighted by Crippen LogP contribution is 2.28. The minimum atomic E-state index is -4.28. The number of anilines is 1. The lowest BCUT2D eigenvalue weighted by Gasteiger charge is -2.34. The maximum atomic E-state index is 14.5. The number of benzene rings is 4. The predicted molar refractivity (Wildman–Crippen MR) is 183 cm³/mol. The number of hydrogen-bond acceptors (Lipinski definition) is 5. The van der Waals surface area contributed by atoms with Gasteiger partial charge >= 0.3 is 0 Å². The lowest BCUT2D eigenvalue weighted by molar-refractivity contribution is -0.140. The fraction of sp³-hybridized carbons (Fsp3) is 0.257. The molecule has 0 saturated carbocycles. The molecule has 0 saturated heterocycles. The van der Waals surface area contributed by atoms with Crippen LogP contribution in [0.1, 0.15) is 31.4 Å². The van der Waals surface area contributed by atoms with Crippen molar-refractivity contribution in [3.8, 4) is 5.75 Å². The van der Waals surface area contributed by atoms with Gasteiger partial charge in [0.15, 0.2) is 0 Å². The number of sulfonamides is 1. The third-order valence-corrected chi connectivity index (χ3v) is 9.84. The standard InChI is InChI=1S/C35H37Cl2N3O5S/c1-4-25(2)38-35(42)33(21-26-9-6-5-7-10-26)39(23-27-13-15-28(36)16-14-27)34(41)24-40(30-12-8-11-29(37)22-30)46(43,44)32-19-17-31(45-3)18-20-32/h5-20,22,25,33H,4,21,23-24H2,1-3H3,(H,38,42)/t25-,33+/m0/s1. The first-order valence-electron chi connectivity index (χ1n) is 14.8. The Labute approximate surface area is 280 Å². The summed E-state index contributed by atoms with van der Waals surface area (Å²) in [5.41, 5.74) is 1.77. The van der Waals surface area contributed by atoms with Crippen LogP contribution in [0.5, 0.6) is 5.75 Å². The molecule has 2 atom stereocenters. The molecule has 1 N–H and O–H groups in total. The average Bonchev–Trinajstić information content (AvgIpc) is 3.06. The SMILES string of the molecule is CC[C@H](C)NC(=O)[C@@H](Cc1ccccc1)N(Cc1ccc(Cl)cc1)C(=O)CN(c1cccc(Cl)c1)S(=O)(=O)c1ccc(OC)cc1. The van der Waals surface area contributed by atoms with Gasteiger partial charge in [-0.3, -0.25) is 13.9 Å². The summed E-state index contributed by atoms with van der Waals surface area (Å²) in [5, 5.41) is 3.85. The van der Waals surface area contributed by atoms with Gasteiger partial charge in [-0.05, 0) is 79.1 Å². The molecule has 11 heteroatoms. The first kappa shape index (κ1) is 34.8. The highest BCUT2D eigenvalue weighted by Gasteiger charge is 2.35. The quantitative estimate of drug-likeness (QED) is 0.159. The van der Waals surface area contributed by atoms with Crippen molar-refractivity contribution in [1.82, 2.24) is 10.2 Å². The normalized spacial score (nSPS) is 12.5. The second-order valence-electron chi connectivity index (χ2n) is 10.8. The third-order valence-electron chi connectivity index (χ3n) is 7.56. The molecule has 4 aromatic rings. The molecule has 8 nitrogen and oxygen atoms in total. The van der Waals surface area contributed by atoms with Crippen LogP contribution >= 0.6 is 23.2 Å². The van der Waals surface area contributed by atoms with Crippen LogP contribution in [0.15, 0.2) is 108 Å². The number of nitrogens with zero attached hydrogens (tertiary/aromatic N) is 2. The Morgan fingerprint density at radius 1 is 0.848 bits per heavy atom. The van der Waals surface area contributed by atoms with Crippen molar-refractivity contribution in [3.05, 3.63) is 124 Å². The first-order chi connectivity index (χ1) is 22.0. The molecule has 0 spiro atoms. The van der Waals surface area contributed by atoms with E-state index >= 15 is 0 Å². The van der Waals surface area contributed by atoms with Crippen molar-refractivity contribution in [2.75, 3.05) is 18.0 Å². The summed E-state index contributed by atoms with van der Waals surface area (Å²) in [6, 6.07) is 27.4. The predicted octanol–water partition coefficient (Wildman–Crippen LogP) is 6.75. The molecule has 242 valence electrons. The van der Waals surface area contributed by atoms with E-state index in [1.807, 2.05) is 44.2 Å². The lowest BCUT2D eigenvalue weighted by Crippen LogP contribution is -2.54. The molecule has 4 rings (SSSR count). The molecule has 46 heavy (non-hydrogen) atoms. The molecule has 0 aliphatic heterocycles. The van der Waals surface area contributed by atoms with Gasteiger partial charge in [0.2, 0.25) is 11.8 Å². The number of carbonyl (C=O) groups excluding carboxylic acids is 2. The molecule has 0 aromatic heterocycles. The van der Waals surface area contributed by atoms with Gasteiger partial charge in [-0.15, -0.1) is 0 Å². The number of halogens is 2. The van der Waals surface area contributed by atoms with Crippen molar-refractivity contribution in [2.24, 2.45) is 0 Å². The molecule has 0 radical (unpaired) electrons. The molecular weight excluding hydrogens is 645 g/mol. The zero-order valence-corrected chi connectivity index (χ0v) is 28.2. The minimum Gasteiger partial charge on any atom is -0.497 e. The van der Waals surface area contributed by atoms with Crippen LogP contribution in [0.3, 0.4) is 0 Å². The van der Waals surface area contributed by atoms with Crippen molar-refractivity contribution >= 4 is 50.7 Å². The second-order valence-corrected chi connectivity index (χ2v) is 13.6. The van der Waals surface area contributed by atoms with Gasteiger partial charge in [-0.2, -0.15) is 0 Å². The summed E-state index contributed by atoms with van der Waals surface area (Å²) in [6.07, 6.45) is 0.905. The summed E-state index contributed by atoms with van der Waals surface area (Å²) >= 11 is 12.4. The lowest BCUT2D eigenvalue weighted by atomic mass is 10.0. The van der Waals surface area contributed by atoms with E-state index in [1.165, 1.54) is 42.3 Å². The largest absolute Gasteiger partial charge is 0.497 e. The van der Waals surface area contributed by atoms with Gasteiger partial charge in [0.05, 0.1) is 17.7 Å². The van der Waals surface area contributed by atoms with Crippen molar-refractivity contribution in [2.45, 2.75) is 50.2 Å². The summed E-state index contributed by atoms with van der Waals surface area (Å²) < 4.78 is 34.5. The molecule has 0 heterocycles. The number of ether oxygens (including phenoxy) is 1. The Bertz CT molecular complexity index is 1720. The zero-order chi connectivity index (χ0) is 33.3. The monoisotopic (exact) mass is 681 g/mol. The summed E-state index contributed by atoms with van der Waals surface area (Å²) in [7, 11) is -2.79. The van der Waals surface area contributed by atoms with Crippen LogP contribution in [-0.2, 0) is 32.6 Å². The van der Waals surface area contributed by atoms with Crippen molar-refractivity contribution in [3.63, 3.8) is 0 Å². The van der Waals surface area contributed by atoms with Crippen molar-refractivity contribution < 1.29 is 22.7 Å². The number of carbonyl (C=O) groups is 2. The number of amides is 2. The van der Waals surface area contributed by atoms with E-state index in [1.54, 1.807) is 42.5 Å². The van der Waals surface area contributed by atoms with E-state index in [0.29, 0.717) is 22.2 Å². The highest BCUT2D eigenvalue weighted by atomic mass is 35.5. The van der Waals surface area contributed by atoms with E-state index in [-0.39, 0.29) is 35.5 Å². The molecule has 0 bridgehead atoms. The maximum Gasteiger partial charge on any atom is 0.264 e. The Morgan fingerprint density at radius 2 is 1.52 bits per heavy atom. The number of rotatable bonds is 14. The van der Waals surface area contributed by atoms with Gasteiger partial charge in [-0.1, -0.05) is 78.7 Å². The molecule has 0 unspecified atom stereocenters. The minimum absolute atomic E-state index is 0.0351. The number of nitrogens with one attached hydrogen (secondary N) is 1. The summed E-state index contributed by atoms with van der Waals surface area (Å²) in [4.78, 5) is 29.8. The van der Waals surface area contributed by atoms with Crippen LogP contribution in [0, 0.1) is 0 Å². The van der Waals surface area contributed by atoms with Crippen LogP contribution in [0.4, 0.5) is 5.69 Å². The first-order valence-corrected chi connectivity index (χ1v) is 17.0. The van der Waals surface area contributed by atoms with Crippen LogP contribution in [-0.4, -0.2) is 50.9 Å². The summed E-state index contributed by atoms with van der Waals surface area (Å²) in [6.45, 7) is 3.30. The Balaban J connectivity index is 1.80. The smallest absolute Gasteiger partial charge is 0.264 e. The van der Waals surface area contributed by atoms with Gasteiger partial charge < -0.3 is 15.0 Å². The van der Waals surface area contributed by atoms with Gasteiger partial charge in [-0.25, -0.2) is 8.42 Å². The second kappa shape index (κ2) is 16.0. The molecule has 0 fully saturated rings. The molecular formula is C35H37Cl2N3O5S. The van der Waals surface area contributed by atoms with Crippen LogP contribution in [0.25, 0.3) is 0 Å². The fourth-order valence-corrected chi connectivity index (χ4v) is 6.53. The fourth-order valence-electron chi connectivity index (χ4n) is 4.82. The van der Waals surface area contributed by atoms with Crippen LogP contribution in [0.2, 0.25) is 10.0 Å². The third kappa shape index (κ3) is 9.02. The van der Waals surface area contributed by atoms with E-state index in [0.717, 1.165) is 15.4 Å². The van der Waals surface area contributed by atoms with Crippen molar-refractivity contribution in [1.29, 1.82) is 0 Å². The van der Waals surface area contributed by atoms with Crippen LogP contribution < -0.4 is 14.4 Å². The Kier molecular flexibility index (Phi) is 12.1. The molecule has 4 aromatic carbocycles. The molecule has 0 aliphatic rings. The maximum absolute atomic E-state index is 14.5. The Hall–Kier alpha value is -4.05. The van der Waals surface area contributed by atoms with E-state index in [9.17, 15) is 18.0 Å². The highest BCUT2D eigenvalue weighted by molar-refractivity contribution is 7.92. The van der Waals surface area contributed by atoms with E-state index in [4.69, 9.17) is 27.9 Å². The zero-order valence-electron chi connectivity index (χ0n) is 25.9. The topological polar surface area (TPSA) is 96.0 Å². The average molecular weight is 683 g/mol. The molecule has 0 aliphatic carbocycles.